The van der Waals surface area contributed by atoms with E-state index >= 15 is 0 Å². The maximum atomic E-state index is 13.0. The van der Waals surface area contributed by atoms with Gasteiger partial charge in [0, 0.05) is 20.0 Å². The molecular formula is C26H24N4O3S2. The topological polar surface area (TPSA) is 76.3 Å². The van der Waals surface area contributed by atoms with Gasteiger partial charge >= 0.3 is 0 Å². The van der Waals surface area contributed by atoms with Gasteiger partial charge in [-0.1, -0.05) is 84.7 Å². The van der Waals surface area contributed by atoms with E-state index in [-0.39, 0.29) is 36.0 Å². The van der Waals surface area contributed by atoms with Gasteiger partial charge in [0.25, 0.3) is 11.5 Å². The third kappa shape index (κ3) is 5.36. The number of anilines is 1. The van der Waals surface area contributed by atoms with Gasteiger partial charge in [-0.3, -0.25) is 24.0 Å². The molecule has 3 aromatic rings. The average Bonchev–Trinajstić information content (AvgIpc) is 3.25. The van der Waals surface area contributed by atoms with Gasteiger partial charge in [-0.2, -0.15) is 0 Å². The molecule has 0 atom stereocenters. The van der Waals surface area contributed by atoms with Crippen LogP contribution in [-0.2, 0) is 16.6 Å². The number of benzene rings is 2. The maximum absolute atomic E-state index is 13.0. The number of thiocarbonyl (C=S) groups is 1. The lowest BCUT2D eigenvalue weighted by atomic mass is 10.2. The molecule has 1 aliphatic rings. The fourth-order valence-corrected chi connectivity index (χ4v) is 4.91. The first-order valence-corrected chi connectivity index (χ1v) is 12.2. The first-order chi connectivity index (χ1) is 16.9. The average molecular weight is 505 g/mol. The number of thioether (sulfide) groups is 1. The second-order valence-corrected chi connectivity index (χ2v) is 9.54. The first kappa shape index (κ1) is 24.4. The lowest BCUT2D eigenvalue weighted by Gasteiger charge is -2.13. The van der Waals surface area contributed by atoms with E-state index in [1.807, 2.05) is 72.8 Å². The molecule has 2 heterocycles. The lowest BCUT2D eigenvalue weighted by molar-refractivity contribution is -0.122. The molecule has 1 aromatic heterocycles. The number of nitrogens with one attached hydrogen (secondary N) is 1. The van der Waals surface area contributed by atoms with Crippen molar-refractivity contribution in [2.24, 2.45) is 7.05 Å². The molecule has 1 saturated heterocycles. The van der Waals surface area contributed by atoms with E-state index in [2.05, 4.69) is 5.32 Å². The summed E-state index contributed by atoms with van der Waals surface area (Å²) in [6, 6.07) is 19.0. The SMILES string of the molecule is Cc1c(NC(=O)CCN2C(=O)C(=CC=Cc3ccccc3)SC2=S)c(=O)n(-c2ccccc2)n1C. The summed E-state index contributed by atoms with van der Waals surface area (Å²) >= 11 is 6.56. The number of para-hydroxylation sites is 1. The Labute approximate surface area is 212 Å². The largest absolute Gasteiger partial charge is 0.320 e. The van der Waals surface area contributed by atoms with Gasteiger partial charge in [0.1, 0.15) is 10.0 Å². The van der Waals surface area contributed by atoms with E-state index in [1.54, 1.807) is 24.7 Å². The number of amides is 2. The van der Waals surface area contributed by atoms with Crippen LogP contribution >= 0.6 is 24.0 Å². The quantitative estimate of drug-likeness (QED) is 0.384. The highest BCUT2D eigenvalue weighted by Crippen LogP contribution is 2.31. The van der Waals surface area contributed by atoms with E-state index in [4.69, 9.17) is 12.2 Å². The Morgan fingerprint density at radius 3 is 2.40 bits per heavy atom. The van der Waals surface area contributed by atoms with Crippen molar-refractivity contribution in [3.8, 4) is 5.69 Å². The van der Waals surface area contributed by atoms with Crippen molar-refractivity contribution in [2.45, 2.75) is 13.3 Å². The normalized spacial score (nSPS) is 14.9. The van der Waals surface area contributed by atoms with E-state index in [1.165, 1.54) is 21.3 Å². The molecule has 35 heavy (non-hydrogen) atoms. The molecule has 0 spiro atoms. The van der Waals surface area contributed by atoms with Crippen molar-refractivity contribution in [1.82, 2.24) is 14.3 Å². The molecule has 0 saturated carbocycles. The Balaban J connectivity index is 1.40. The van der Waals surface area contributed by atoms with Gasteiger partial charge in [-0.05, 0) is 30.7 Å². The molecule has 2 amide bonds. The van der Waals surface area contributed by atoms with Crippen molar-refractivity contribution in [3.05, 3.63) is 99.3 Å². The van der Waals surface area contributed by atoms with E-state index in [9.17, 15) is 14.4 Å². The van der Waals surface area contributed by atoms with Crippen LogP contribution in [0.1, 0.15) is 17.7 Å². The summed E-state index contributed by atoms with van der Waals surface area (Å²) in [4.78, 5) is 40.3. The molecule has 2 aromatic carbocycles. The smallest absolute Gasteiger partial charge is 0.295 e. The molecule has 0 aliphatic carbocycles. The highest BCUT2D eigenvalue weighted by atomic mass is 32.2. The minimum atomic E-state index is -0.363. The van der Waals surface area contributed by atoms with Crippen molar-refractivity contribution in [3.63, 3.8) is 0 Å². The molecule has 7 nitrogen and oxygen atoms in total. The highest BCUT2D eigenvalue weighted by molar-refractivity contribution is 8.26. The number of nitrogens with zero attached hydrogens (tertiary/aromatic N) is 3. The Morgan fingerprint density at radius 1 is 1.06 bits per heavy atom. The van der Waals surface area contributed by atoms with Crippen molar-refractivity contribution < 1.29 is 9.59 Å². The fourth-order valence-electron chi connectivity index (χ4n) is 3.65. The molecule has 1 aliphatic heterocycles. The zero-order valence-corrected chi connectivity index (χ0v) is 20.9. The zero-order chi connectivity index (χ0) is 24.9. The van der Waals surface area contributed by atoms with Gasteiger partial charge in [0.05, 0.1) is 16.3 Å². The van der Waals surface area contributed by atoms with Crippen LogP contribution in [0, 0.1) is 6.92 Å². The maximum Gasteiger partial charge on any atom is 0.295 e. The van der Waals surface area contributed by atoms with Gasteiger partial charge in [0.2, 0.25) is 5.91 Å². The molecule has 4 rings (SSSR count). The summed E-state index contributed by atoms with van der Waals surface area (Å²) in [7, 11) is 1.76. The minimum absolute atomic E-state index is 0.0126. The molecule has 9 heteroatoms. The van der Waals surface area contributed by atoms with Crippen LogP contribution < -0.4 is 10.9 Å². The van der Waals surface area contributed by atoms with Gasteiger partial charge in [-0.15, -0.1) is 0 Å². The molecule has 0 unspecified atom stereocenters. The zero-order valence-electron chi connectivity index (χ0n) is 19.3. The van der Waals surface area contributed by atoms with E-state index in [0.29, 0.717) is 20.6 Å². The van der Waals surface area contributed by atoms with Crippen molar-refractivity contribution in [1.29, 1.82) is 0 Å². The van der Waals surface area contributed by atoms with Crippen LogP contribution in [0.2, 0.25) is 0 Å². The predicted octanol–water partition coefficient (Wildman–Crippen LogP) is 4.27. The number of carbonyl (C=O) groups is 2. The highest BCUT2D eigenvalue weighted by Gasteiger charge is 2.31. The van der Waals surface area contributed by atoms with Crippen LogP contribution in [0.25, 0.3) is 11.8 Å². The standard InChI is InChI=1S/C26H24N4O3S2/c1-18-23(25(33)30(28(18)2)20-13-7-4-8-14-20)27-22(31)16-17-29-24(32)21(35-26(29)34)15-9-12-19-10-5-3-6-11-19/h3-15H,16-17H2,1-2H3,(H,27,31). The summed E-state index contributed by atoms with van der Waals surface area (Å²) in [5.74, 6) is -0.592. The van der Waals surface area contributed by atoms with Crippen molar-refractivity contribution >= 4 is 51.9 Å². The monoisotopic (exact) mass is 504 g/mol. The summed E-state index contributed by atoms with van der Waals surface area (Å²) in [5.41, 5.74) is 2.26. The number of hydrogen-bond acceptors (Lipinski definition) is 5. The second kappa shape index (κ2) is 10.7. The van der Waals surface area contributed by atoms with Crippen LogP contribution in [-0.4, -0.2) is 36.9 Å². The molecule has 0 radical (unpaired) electrons. The Hall–Kier alpha value is -3.69. The van der Waals surface area contributed by atoms with Gasteiger partial charge in [0.15, 0.2) is 0 Å². The molecule has 0 bridgehead atoms. The van der Waals surface area contributed by atoms with Crippen molar-refractivity contribution in [2.75, 3.05) is 11.9 Å². The summed E-state index contributed by atoms with van der Waals surface area (Å²) < 4.78 is 3.61. The van der Waals surface area contributed by atoms with Gasteiger partial charge in [-0.25, -0.2) is 4.68 Å². The number of carbonyl (C=O) groups excluding carboxylic acids is 2. The first-order valence-electron chi connectivity index (χ1n) is 11.0. The number of aromatic nitrogens is 2. The minimum Gasteiger partial charge on any atom is -0.320 e. The summed E-state index contributed by atoms with van der Waals surface area (Å²) in [6.07, 6.45) is 5.46. The van der Waals surface area contributed by atoms with E-state index in [0.717, 1.165) is 5.56 Å². The summed E-state index contributed by atoms with van der Waals surface area (Å²) in [5, 5.41) is 2.72. The molecular weight excluding hydrogens is 480 g/mol. The third-order valence-corrected chi connectivity index (χ3v) is 6.99. The van der Waals surface area contributed by atoms with Gasteiger partial charge < -0.3 is 5.32 Å². The number of allylic oxidation sites excluding steroid dienone is 2. The molecule has 1 fully saturated rings. The van der Waals surface area contributed by atoms with Crippen LogP contribution in [0.4, 0.5) is 5.69 Å². The second-order valence-electron chi connectivity index (χ2n) is 7.86. The van der Waals surface area contributed by atoms with Crippen LogP contribution in [0.5, 0.6) is 0 Å². The third-order valence-electron chi connectivity index (χ3n) is 5.59. The van der Waals surface area contributed by atoms with Crippen LogP contribution in [0.15, 0.2) is 82.5 Å². The number of hydrogen-bond donors (Lipinski definition) is 1. The molecule has 1 N–H and O–H groups in total. The molecule has 178 valence electrons. The van der Waals surface area contributed by atoms with Crippen LogP contribution in [0.3, 0.4) is 0 Å². The lowest BCUT2D eigenvalue weighted by Crippen LogP contribution is -2.32. The Kier molecular flexibility index (Phi) is 7.48. The Bertz CT molecular complexity index is 1390. The number of rotatable bonds is 7. The summed E-state index contributed by atoms with van der Waals surface area (Å²) in [6.45, 7) is 1.90. The Morgan fingerprint density at radius 2 is 1.71 bits per heavy atom. The predicted molar refractivity (Wildman–Crippen MR) is 144 cm³/mol. The van der Waals surface area contributed by atoms with E-state index < -0.39 is 0 Å². The fraction of sp³-hybridized carbons (Fsp3) is 0.154.